The number of hydrogen-bond acceptors (Lipinski definition) is 6. The van der Waals surface area contributed by atoms with Crippen LogP contribution in [0.15, 0.2) is 41.3 Å². The molecule has 0 unspecified atom stereocenters. The lowest BCUT2D eigenvalue weighted by Crippen LogP contribution is -2.36. The Morgan fingerprint density at radius 1 is 1.25 bits per heavy atom. The maximum Gasteiger partial charge on any atom is 0.294 e. The standard InChI is InChI=1S/C22H20FIN2O5S/c1-3-8-31-20-16(24)9-13(10-17(20)30-2)11-18-21(28)26(22(29)32-18)12-19(27)25-15-6-4-14(23)5-7-15/h4-7,9-11H,3,8,12H2,1-2H3,(H,25,27)/b18-11-. The highest BCUT2D eigenvalue weighted by atomic mass is 127. The van der Waals surface area contributed by atoms with Crippen molar-refractivity contribution >= 4 is 63.2 Å². The van der Waals surface area contributed by atoms with Crippen molar-refractivity contribution in [3.05, 3.63) is 56.3 Å². The molecule has 0 saturated carbocycles. The van der Waals surface area contributed by atoms with Crippen molar-refractivity contribution in [1.29, 1.82) is 0 Å². The number of carbonyl (C=O) groups is 3. The summed E-state index contributed by atoms with van der Waals surface area (Å²) >= 11 is 2.88. The molecule has 0 bridgehead atoms. The zero-order valence-corrected chi connectivity index (χ0v) is 20.3. The minimum atomic E-state index is -0.561. The molecule has 3 amide bonds. The van der Waals surface area contributed by atoms with E-state index in [0.717, 1.165) is 26.7 Å². The van der Waals surface area contributed by atoms with Crippen molar-refractivity contribution in [2.45, 2.75) is 13.3 Å². The lowest BCUT2D eigenvalue weighted by atomic mass is 10.2. The fourth-order valence-electron chi connectivity index (χ4n) is 2.83. The fraction of sp³-hybridized carbons (Fsp3) is 0.227. The Bertz CT molecular complexity index is 1070. The predicted molar refractivity (Wildman–Crippen MR) is 129 cm³/mol. The fourth-order valence-corrected chi connectivity index (χ4v) is 4.45. The van der Waals surface area contributed by atoms with Crippen LogP contribution in [-0.2, 0) is 9.59 Å². The van der Waals surface area contributed by atoms with Crippen molar-refractivity contribution in [3.8, 4) is 11.5 Å². The van der Waals surface area contributed by atoms with Crippen LogP contribution < -0.4 is 14.8 Å². The molecular weight excluding hydrogens is 550 g/mol. The number of anilines is 1. The molecule has 3 rings (SSSR count). The first-order valence-corrected chi connectivity index (χ1v) is 11.5. The molecule has 0 aromatic heterocycles. The topological polar surface area (TPSA) is 84.9 Å². The van der Waals surface area contributed by atoms with Gasteiger partial charge in [-0.2, -0.15) is 0 Å². The van der Waals surface area contributed by atoms with Crippen molar-refractivity contribution in [2.24, 2.45) is 0 Å². The van der Waals surface area contributed by atoms with E-state index in [-0.39, 0.29) is 4.91 Å². The summed E-state index contributed by atoms with van der Waals surface area (Å²) in [5.41, 5.74) is 1.03. The molecule has 1 aliphatic heterocycles. The van der Waals surface area contributed by atoms with E-state index in [1.54, 1.807) is 12.1 Å². The van der Waals surface area contributed by atoms with E-state index in [2.05, 4.69) is 27.9 Å². The molecule has 1 heterocycles. The van der Waals surface area contributed by atoms with Gasteiger partial charge < -0.3 is 14.8 Å². The van der Waals surface area contributed by atoms with Crippen LogP contribution in [0.1, 0.15) is 18.9 Å². The van der Waals surface area contributed by atoms with E-state index in [1.165, 1.54) is 31.4 Å². The molecule has 0 spiro atoms. The zero-order chi connectivity index (χ0) is 23.3. The number of carbonyl (C=O) groups excluding carboxylic acids is 3. The second kappa shape index (κ2) is 10.8. The molecule has 0 aliphatic carbocycles. The minimum absolute atomic E-state index is 0.199. The normalized spacial score (nSPS) is 14.8. The summed E-state index contributed by atoms with van der Waals surface area (Å²) < 4.78 is 24.9. The Hall–Kier alpha value is -2.60. The van der Waals surface area contributed by atoms with E-state index in [0.29, 0.717) is 29.4 Å². The highest BCUT2D eigenvalue weighted by molar-refractivity contribution is 14.1. The first-order valence-electron chi connectivity index (χ1n) is 9.63. The van der Waals surface area contributed by atoms with Crippen molar-refractivity contribution in [1.82, 2.24) is 4.90 Å². The Kier molecular flexibility index (Phi) is 8.13. The van der Waals surface area contributed by atoms with Gasteiger partial charge in [0.05, 0.1) is 22.2 Å². The van der Waals surface area contributed by atoms with Gasteiger partial charge in [0.2, 0.25) is 5.91 Å². The molecule has 32 heavy (non-hydrogen) atoms. The van der Waals surface area contributed by atoms with Crippen LogP contribution in [0.4, 0.5) is 14.9 Å². The first kappa shape index (κ1) is 24.1. The van der Waals surface area contributed by atoms with Gasteiger partial charge in [0.1, 0.15) is 12.4 Å². The van der Waals surface area contributed by atoms with Gasteiger partial charge in [-0.05, 0) is 88.8 Å². The summed E-state index contributed by atoms with van der Waals surface area (Å²) in [5, 5.41) is 1.99. The van der Waals surface area contributed by atoms with Crippen LogP contribution in [0.2, 0.25) is 0 Å². The average molecular weight is 570 g/mol. The highest BCUT2D eigenvalue weighted by Crippen LogP contribution is 2.37. The number of hydrogen-bond donors (Lipinski definition) is 1. The van der Waals surface area contributed by atoms with Crippen LogP contribution in [0.3, 0.4) is 0 Å². The van der Waals surface area contributed by atoms with Crippen molar-refractivity contribution in [2.75, 3.05) is 25.6 Å². The number of thioether (sulfide) groups is 1. The maximum atomic E-state index is 13.0. The monoisotopic (exact) mass is 570 g/mol. The second-order valence-corrected chi connectivity index (χ2v) is 8.86. The molecule has 168 valence electrons. The van der Waals surface area contributed by atoms with Gasteiger partial charge in [0.15, 0.2) is 11.5 Å². The number of nitrogens with zero attached hydrogens (tertiary/aromatic N) is 1. The summed E-state index contributed by atoms with van der Waals surface area (Å²) in [5.74, 6) is -0.411. The smallest absolute Gasteiger partial charge is 0.294 e. The van der Waals surface area contributed by atoms with E-state index in [1.807, 2.05) is 13.0 Å². The largest absolute Gasteiger partial charge is 0.493 e. The lowest BCUT2D eigenvalue weighted by Gasteiger charge is -2.13. The Balaban J connectivity index is 1.74. The molecule has 0 radical (unpaired) electrons. The zero-order valence-electron chi connectivity index (χ0n) is 17.3. The van der Waals surface area contributed by atoms with Crippen LogP contribution in [-0.4, -0.2) is 42.2 Å². The second-order valence-electron chi connectivity index (χ2n) is 6.71. The quantitative estimate of drug-likeness (QED) is 0.359. The summed E-state index contributed by atoms with van der Waals surface area (Å²) in [6, 6.07) is 8.73. The van der Waals surface area contributed by atoms with Crippen molar-refractivity contribution in [3.63, 3.8) is 0 Å². The third kappa shape index (κ3) is 5.80. The van der Waals surface area contributed by atoms with E-state index in [4.69, 9.17) is 9.47 Å². The summed E-state index contributed by atoms with van der Waals surface area (Å²) in [4.78, 5) is 38.4. The summed E-state index contributed by atoms with van der Waals surface area (Å²) in [7, 11) is 1.53. The number of methoxy groups -OCH3 is 1. The van der Waals surface area contributed by atoms with Gasteiger partial charge in [-0.25, -0.2) is 4.39 Å². The number of ether oxygens (including phenoxy) is 2. The molecule has 10 heteroatoms. The van der Waals surface area contributed by atoms with Crippen LogP contribution in [0.25, 0.3) is 6.08 Å². The van der Waals surface area contributed by atoms with Gasteiger partial charge in [0, 0.05) is 5.69 Å². The van der Waals surface area contributed by atoms with Crippen LogP contribution >= 0.6 is 34.4 Å². The molecule has 0 atom stereocenters. The van der Waals surface area contributed by atoms with Gasteiger partial charge in [-0.3, -0.25) is 19.3 Å². The number of benzene rings is 2. The molecule has 1 saturated heterocycles. The minimum Gasteiger partial charge on any atom is -0.493 e. The SMILES string of the molecule is CCCOc1c(I)cc(/C=C2\SC(=O)N(CC(=O)Nc3ccc(F)cc3)C2=O)cc1OC. The third-order valence-electron chi connectivity index (χ3n) is 4.30. The number of halogens is 2. The molecule has 2 aromatic rings. The molecule has 7 nitrogen and oxygen atoms in total. The Morgan fingerprint density at radius 3 is 2.62 bits per heavy atom. The summed E-state index contributed by atoms with van der Waals surface area (Å²) in [6.45, 7) is 2.11. The first-order chi connectivity index (χ1) is 15.3. The number of nitrogens with one attached hydrogen (secondary N) is 1. The molecule has 1 aliphatic rings. The number of imide groups is 1. The predicted octanol–water partition coefficient (Wildman–Crippen LogP) is 4.90. The average Bonchev–Trinajstić information content (AvgIpc) is 3.01. The molecular formula is C22H20FIN2O5S. The van der Waals surface area contributed by atoms with Gasteiger partial charge in [0.25, 0.3) is 11.1 Å². The Labute approximate surface area is 202 Å². The van der Waals surface area contributed by atoms with E-state index in [9.17, 15) is 18.8 Å². The number of rotatable bonds is 8. The summed E-state index contributed by atoms with van der Waals surface area (Å²) in [6.07, 6.45) is 2.43. The van der Waals surface area contributed by atoms with E-state index < -0.39 is 29.4 Å². The van der Waals surface area contributed by atoms with Crippen molar-refractivity contribution < 1.29 is 28.2 Å². The molecule has 2 aromatic carbocycles. The van der Waals surface area contributed by atoms with E-state index >= 15 is 0 Å². The maximum absolute atomic E-state index is 13.0. The van der Waals surface area contributed by atoms with Gasteiger partial charge in [-0.15, -0.1) is 0 Å². The molecule has 1 fully saturated rings. The van der Waals surface area contributed by atoms with Crippen LogP contribution in [0.5, 0.6) is 11.5 Å². The van der Waals surface area contributed by atoms with Gasteiger partial charge in [-0.1, -0.05) is 6.92 Å². The number of amides is 3. The third-order valence-corrected chi connectivity index (χ3v) is 6.01. The highest BCUT2D eigenvalue weighted by Gasteiger charge is 2.36. The van der Waals surface area contributed by atoms with Crippen LogP contribution in [0, 0.1) is 9.39 Å². The Morgan fingerprint density at radius 2 is 1.97 bits per heavy atom. The van der Waals surface area contributed by atoms with Gasteiger partial charge >= 0.3 is 0 Å². The lowest BCUT2D eigenvalue weighted by molar-refractivity contribution is -0.127. The molecule has 1 N–H and O–H groups in total.